The molecule has 0 amide bonds. The third-order valence-corrected chi connectivity index (χ3v) is 2.82. The van der Waals surface area contributed by atoms with Crippen LogP contribution in [0.2, 0.25) is 0 Å². The molecule has 0 saturated heterocycles. The Balaban J connectivity index is 2.57. The molecule has 1 rings (SSSR count). The molecule has 0 heterocycles. The predicted molar refractivity (Wildman–Crippen MR) is 46.0 cm³/mol. The van der Waals surface area contributed by atoms with E-state index >= 15 is 0 Å². The van der Waals surface area contributed by atoms with Crippen molar-refractivity contribution in [2.24, 2.45) is 11.3 Å². The lowest BCUT2D eigenvalue weighted by Crippen LogP contribution is -2.13. The minimum atomic E-state index is 0.0637. The van der Waals surface area contributed by atoms with Crippen LogP contribution in [0.1, 0.15) is 46.0 Å². The van der Waals surface area contributed by atoms with Crippen molar-refractivity contribution < 1.29 is 0 Å². The van der Waals surface area contributed by atoms with Crippen molar-refractivity contribution in [3.8, 4) is 6.07 Å². The van der Waals surface area contributed by atoms with Gasteiger partial charge in [-0.15, -0.1) is 0 Å². The van der Waals surface area contributed by atoms with Gasteiger partial charge in [0.1, 0.15) is 0 Å². The van der Waals surface area contributed by atoms with Crippen molar-refractivity contribution in [3.05, 3.63) is 0 Å². The van der Waals surface area contributed by atoms with Crippen LogP contribution in [0.5, 0.6) is 0 Å². The normalized spacial score (nSPS) is 37.0. The maximum absolute atomic E-state index is 9.02. The molecule has 0 aromatic carbocycles. The Labute approximate surface area is 69.4 Å². The van der Waals surface area contributed by atoms with Gasteiger partial charge in [0.05, 0.1) is 11.5 Å². The van der Waals surface area contributed by atoms with Gasteiger partial charge in [0.15, 0.2) is 0 Å². The van der Waals surface area contributed by atoms with E-state index in [2.05, 4.69) is 19.9 Å². The first kappa shape index (κ1) is 8.59. The molecule has 62 valence electrons. The van der Waals surface area contributed by atoms with E-state index in [-0.39, 0.29) is 5.41 Å². The Morgan fingerprint density at radius 1 is 1.64 bits per heavy atom. The first-order valence-electron chi connectivity index (χ1n) is 4.64. The molecule has 0 aliphatic heterocycles. The minimum absolute atomic E-state index is 0.0637. The Morgan fingerprint density at radius 2 is 2.36 bits per heavy atom. The van der Waals surface area contributed by atoms with Crippen LogP contribution in [0.25, 0.3) is 0 Å². The van der Waals surface area contributed by atoms with E-state index in [1.165, 1.54) is 6.42 Å². The molecule has 1 saturated carbocycles. The van der Waals surface area contributed by atoms with Gasteiger partial charge in [-0.25, -0.2) is 0 Å². The summed E-state index contributed by atoms with van der Waals surface area (Å²) in [6, 6.07) is 2.51. The Morgan fingerprint density at radius 3 is 2.73 bits per heavy atom. The fraction of sp³-hybridized carbons (Fsp3) is 0.900. The van der Waals surface area contributed by atoms with Crippen molar-refractivity contribution in [1.82, 2.24) is 0 Å². The van der Waals surface area contributed by atoms with Crippen LogP contribution in [0.15, 0.2) is 0 Å². The second kappa shape index (κ2) is 3.26. The quantitative estimate of drug-likeness (QED) is 0.595. The zero-order valence-electron chi connectivity index (χ0n) is 7.56. The molecule has 0 aromatic rings. The summed E-state index contributed by atoms with van der Waals surface area (Å²) in [7, 11) is 0. The van der Waals surface area contributed by atoms with Crippen LogP contribution in [-0.2, 0) is 0 Å². The van der Waals surface area contributed by atoms with Crippen LogP contribution in [0, 0.1) is 22.7 Å². The third kappa shape index (κ3) is 1.74. The molecule has 11 heavy (non-hydrogen) atoms. The van der Waals surface area contributed by atoms with Crippen molar-refractivity contribution in [2.45, 2.75) is 46.0 Å². The second-order valence-electron chi connectivity index (χ2n) is 3.99. The lowest BCUT2D eigenvalue weighted by Gasteiger charge is -2.18. The van der Waals surface area contributed by atoms with E-state index in [9.17, 15) is 0 Å². The predicted octanol–water partition coefficient (Wildman–Crippen LogP) is 3.12. The molecule has 2 unspecified atom stereocenters. The number of nitriles is 1. The molecule has 0 N–H and O–H groups in total. The van der Waals surface area contributed by atoms with Crippen LogP contribution in [0.3, 0.4) is 0 Å². The molecule has 1 aliphatic rings. The highest BCUT2D eigenvalue weighted by Crippen LogP contribution is 2.44. The minimum Gasteiger partial charge on any atom is -0.198 e. The molecule has 2 atom stereocenters. The van der Waals surface area contributed by atoms with Crippen LogP contribution >= 0.6 is 0 Å². The third-order valence-electron chi connectivity index (χ3n) is 2.82. The largest absolute Gasteiger partial charge is 0.198 e. The molecule has 0 radical (unpaired) electrons. The fourth-order valence-corrected chi connectivity index (χ4v) is 2.26. The van der Waals surface area contributed by atoms with Gasteiger partial charge in [-0.2, -0.15) is 5.26 Å². The van der Waals surface area contributed by atoms with E-state index in [1.54, 1.807) is 0 Å². The number of rotatable bonds is 2. The van der Waals surface area contributed by atoms with E-state index in [0.29, 0.717) is 0 Å². The SMILES string of the molecule is CCCC1(C#N)CCC(C)C1. The summed E-state index contributed by atoms with van der Waals surface area (Å²) in [6.07, 6.45) is 5.79. The van der Waals surface area contributed by atoms with Gasteiger partial charge >= 0.3 is 0 Å². The monoisotopic (exact) mass is 151 g/mol. The molecule has 1 fully saturated rings. The van der Waals surface area contributed by atoms with E-state index in [1.807, 2.05) is 0 Å². The van der Waals surface area contributed by atoms with Gasteiger partial charge in [0.2, 0.25) is 0 Å². The topological polar surface area (TPSA) is 23.8 Å². The highest BCUT2D eigenvalue weighted by molar-refractivity contribution is 5.02. The zero-order chi connectivity index (χ0) is 8.32. The molecule has 0 bridgehead atoms. The average molecular weight is 151 g/mol. The van der Waals surface area contributed by atoms with Gasteiger partial charge in [-0.3, -0.25) is 0 Å². The molecular formula is C10H17N. The van der Waals surface area contributed by atoms with Crippen molar-refractivity contribution >= 4 is 0 Å². The highest BCUT2D eigenvalue weighted by atomic mass is 14.4. The summed E-state index contributed by atoms with van der Waals surface area (Å²) in [5.41, 5.74) is 0.0637. The first-order valence-corrected chi connectivity index (χ1v) is 4.64. The van der Waals surface area contributed by atoms with E-state index in [4.69, 9.17) is 5.26 Å². The average Bonchev–Trinajstić information content (AvgIpc) is 2.34. The summed E-state index contributed by atoms with van der Waals surface area (Å²) < 4.78 is 0. The van der Waals surface area contributed by atoms with Crippen molar-refractivity contribution in [2.75, 3.05) is 0 Å². The van der Waals surface area contributed by atoms with Gasteiger partial charge in [-0.05, 0) is 31.6 Å². The van der Waals surface area contributed by atoms with E-state index < -0.39 is 0 Å². The summed E-state index contributed by atoms with van der Waals surface area (Å²) in [4.78, 5) is 0. The molecule has 1 nitrogen and oxygen atoms in total. The zero-order valence-corrected chi connectivity index (χ0v) is 7.56. The molecule has 0 aromatic heterocycles. The Kier molecular flexibility index (Phi) is 2.54. The summed E-state index contributed by atoms with van der Waals surface area (Å²) >= 11 is 0. The summed E-state index contributed by atoms with van der Waals surface area (Å²) in [6.45, 7) is 4.43. The molecule has 1 heteroatoms. The highest BCUT2D eigenvalue weighted by Gasteiger charge is 2.36. The van der Waals surface area contributed by atoms with E-state index in [0.717, 1.165) is 31.6 Å². The first-order chi connectivity index (χ1) is 5.22. The smallest absolute Gasteiger partial charge is 0.0689 e. The van der Waals surface area contributed by atoms with Crippen LogP contribution in [0.4, 0.5) is 0 Å². The lowest BCUT2D eigenvalue weighted by atomic mass is 9.83. The van der Waals surface area contributed by atoms with Crippen molar-refractivity contribution in [3.63, 3.8) is 0 Å². The lowest BCUT2D eigenvalue weighted by molar-refractivity contribution is 0.359. The summed E-state index contributed by atoms with van der Waals surface area (Å²) in [5, 5.41) is 9.02. The standard InChI is InChI=1S/C10H17N/c1-3-5-10(8-11)6-4-9(2)7-10/h9H,3-7H2,1-2H3. The van der Waals surface area contributed by atoms with Gasteiger partial charge in [0.25, 0.3) is 0 Å². The number of hydrogen-bond acceptors (Lipinski definition) is 1. The maximum Gasteiger partial charge on any atom is 0.0689 e. The molecule has 0 spiro atoms. The van der Waals surface area contributed by atoms with Crippen molar-refractivity contribution in [1.29, 1.82) is 5.26 Å². The Bertz CT molecular complexity index is 164. The van der Waals surface area contributed by atoms with Crippen LogP contribution < -0.4 is 0 Å². The maximum atomic E-state index is 9.02. The van der Waals surface area contributed by atoms with Gasteiger partial charge < -0.3 is 0 Å². The number of hydrogen-bond donors (Lipinski definition) is 0. The number of nitrogens with zero attached hydrogens (tertiary/aromatic N) is 1. The van der Waals surface area contributed by atoms with Gasteiger partial charge in [0, 0.05) is 0 Å². The second-order valence-corrected chi connectivity index (χ2v) is 3.99. The van der Waals surface area contributed by atoms with Crippen LogP contribution in [-0.4, -0.2) is 0 Å². The van der Waals surface area contributed by atoms with Gasteiger partial charge in [-0.1, -0.05) is 20.3 Å². The Hall–Kier alpha value is -0.510. The summed E-state index contributed by atoms with van der Waals surface area (Å²) in [5.74, 6) is 0.779. The fourth-order valence-electron chi connectivity index (χ4n) is 2.26. The molecule has 1 aliphatic carbocycles. The molecular weight excluding hydrogens is 134 g/mol.